The number of hydrogen-bond donors (Lipinski definition) is 0. The molecule has 1 unspecified atom stereocenters. The predicted molar refractivity (Wildman–Crippen MR) is 119 cm³/mol. The smallest absolute Gasteiger partial charge is 0.259 e. The molecule has 0 saturated carbocycles. The van der Waals surface area contributed by atoms with Gasteiger partial charge in [0.2, 0.25) is 0 Å². The maximum Gasteiger partial charge on any atom is 0.259 e. The summed E-state index contributed by atoms with van der Waals surface area (Å²) >= 11 is 0. The molecule has 1 aliphatic heterocycles. The number of aromatic nitrogens is 1. The van der Waals surface area contributed by atoms with Crippen LogP contribution in [0.2, 0.25) is 0 Å². The first-order chi connectivity index (χ1) is 13.9. The number of nitrogens with zero attached hydrogens (tertiary/aromatic N) is 2. The molecule has 0 N–H and O–H groups in total. The van der Waals surface area contributed by atoms with Crippen LogP contribution in [0.25, 0.3) is 22.0 Å². The molecule has 1 amide bonds. The first kappa shape index (κ1) is 19.6. The zero-order valence-electron chi connectivity index (χ0n) is 18.1. The van der Waals surface area contributed by atoms with Crippen molar-refractivity contribution >= 4 is 22.5 Å². The number of ether oxygens (including phenoxy) is 1. The van der Waals surface area contributed by atoms with Crippen LogP contribution >= 0.6 is 0 Å². The number of rotatable bonds is 5. The highest BCUT2D eigenvalue weighted by Gasteiger charge is 2.35. The molecule has 3 aromatic rings. The van der Waals surface area contributed by atoms with Crippen molar-refractivity contribution in [3.63, 3.8) is 0 Å². The number of hydrogen-bond acceptors (Lipinski definition) is 3. The van der Waals surface area contributed by atoms with Gasteiger partial charge < -0.3 is 9.64 Å². The van der Waals surface area contributed by atoms with Gasteiger partial charge >= 0.3 is 0 Å². The fourth-order valence-corrected chi connectivity index (χ4v) is 4.79. The van der Waals surface area contributed by atoms with Crippen molar-refractivity contribution in [2.75, 3.05) is 18.6 Å². The minimum Gasteiger partial charge on any atom is -0.383 e. The minimum atomic E-state index is 0.0104. The molecule has 0 aliphatic carbocycles. The van der Waals surface area contributed by atoms with Crippen LogP contribution in [0.4, 0.5) is 5.69 Å². The van der Waals surface area contributed by atoms with Gasteiger partial charge in [-0.3, -0.25) is 9.78 Å². The van der Waals surface area contributed by atoms with E-state index in [0.29, 0.717) is 6.61 Å². The summed E-state index contributed by atoms with van der Waals surface area (Å²) in [5.41, 5.74) is 9.55. The molecule has 4 rings (SSSR count). The van der Waals surface area contributed by atoms with Crippen LogP contribution in [0.5, 0.6) is 0 Å². The summed E-state index contributed by atoms with van der Waals surface area (Å²) in [7, 11) is 1.69. The monoisotopic (exact) mass is 388 g/mol. The Morgan fingerprint density at radius 3 is 2.31 bits per heavy atom. The van der Waals surface area contributed by atoms with Crippen LogP contribution in [-0.4, -0.2) is 30.6 Å². The van der Waals surface area contributed by atoms with Gasteiger partial charge in [0.05, 0.1) is 29.4 Å². The van der Waals surface area contributed by atoms with Gasteiger partial charge in [0, 0.05) is 23.8 Å². The van der Waals surface area contributed by atoms with Crippen molar-refractivity contribution in [1.29, 1.82) is 0 Å². The second-order valence-electron chi connectivity index (χ2n) is 8.13. The van der Waals surface area contributed by atoms with Gasteiger partial charge in [-0.2, -0.15) is 0 Å². The Labute approximate surface area is 172 Å². The summed E-state index contributed by atoms with van der Waals surface area (Å²) in [6.45, 7) is 11.0. The summed E-state index contributed by atoms with van der Waals surface area (Å²) in [6, 6.07) is 10.5. The first-order valence-corrected chi connectivity index (χ1v) is 10.2. The Balaban J connectivity index is 2.02. The Kier molecular flexibility index (Phi) is 4.91. The lowest BCUT2D eigenvalue weighted by Gasteiger charge is -2.27. The van der Waals surface area contributed by atoms with E-state index < -0.39 is 0 Å². The van der Waals surface area contributed by atoms with E-state index in [-0.39, 0.29) is 11.9 Å². The summed E-state index contributed by atoms with van der Waals surface area (Å²) in [5, 5.41) is 0.965. The lowest BCUT2D eigenvalue weighted by molar-refractivity contribution is 0.0957. The largest absolute Gasteiger partial charge is 0.383 e. The van der Waals surface area contributed by atoms with Crippen LogP contribution in [0.1, 0.15) is 46.1 Å². The van der Waals surface area contributed by atoms with E-state index in [4.69, 9.17) is 9.72 Å². The summed E-state index contributed by atoms with van der Waals surface area (Å²) in [5.74, 6) is 0.0465. The number of amides is 1. The quantitative estimate of drug-likeness (QED) is 0.578. The SMILES string of the molecule is CCC(COC)N1C(=O)c2ccc(-c3c(C)cc(C)cc3C)c3nc(C)cc1c23. The third kappa shape index (κ3) is 3.03. The van der Waals surface area contributed by atoms with Crippen molar-refractivity contribution in [3.8, 4) is 11.1 Å². The molecule has 1 aromatic heterocycles. The number of carbonyl (C=O) groups excluding carboxylic acids is 1. The number of benzene rings is 2. The molecule has 2 heterocycles. The van der Waals surface area contributed by atoms with Crippen molar-refractivity contribution in [1.82, 2.24) is 4.98 Å². The molecule has 0 radical (unpaired) electrons. The molecular weight excluding hydrogens is 360 g/mol. The third-order valence-electron chi connectivity index (χ3n) is 5.92. The zero-order chi connectivity index (χ0) is 20.9. The van der Waals surface area contributed by atoms with E-state index in [0.717, 1.165) is 39.8 Å². The number of anilines is 1. The highest BCUT2D eigenvalue weighted by atomic mass is 16.5. The summed E-state index contributed by atoms with van der Waals surface area (Å²) in [6.07, 6.45) is 0.833. The molecule has 4 nitrogen and oxygen atoms in total. The van der Waals surface area contributed by atoms with Gasteiger partial charge in [0.25, 0.3) is 5.91 Å². The van der Waals surface area contributed by atoms with Crippen LogP contribution in [0, 0.1) is 27.7 Å². The van der Waals surface area contributed by atoms with E-state index in [9.17, 15) is 4.79 Å². The van der Waals surface area contributed by atoms with E-state index in [1.165, 1.54) is 22.3 Å². The highest BCUT2D eigenvalue weighted by Crippen LogP contribution is 2.43. The number of carbonyl (C=O) groups is 1. The van der Waals surface area contributed by atoms with Crippen LogP contribution in [-0.2, 0) is 4.74 Å². The fraction of sp³-hybridized carbons (Fsp3) is 0.360. The average molecular weight is 389 g/mol. The lowest BCUT2D eigenvalue weighted by Crippen LogP contribution is -2.40. The standard InChI is InChI=1S/C25H28N2O2/c1-7-18(13-29-6)27-21-12-17(5)26-24-19(8-9-20(23(21)24)25(27)28)22-15(3)10-14(2)11-16(22)4/h8-12,18H,7,13H2,1-6H3. The maximum atomic E-state index is 13.3. The number of methoxy groups -OCH3 is 1. The first-order valence-electron chi connectivity index (χ1n) is 10.2. The number of aryl methyl sites for hydroxylation is 4. The van der Waals surface area contributed by atoms with Gasteiger partial charge in [-0.25, -0.2) is 0 Å². The Morgan fingerprint density at radius 2 is 1.69 bits per heavy atom. The highest BCUT2D eigenvalue weighted by molar-refractivity contribution is 6.26. The maximum absolute atomic E-state index is 13.3. The molecule has 0 spiro atoms. The molecular formula is C25H28N2O2. The van der Waals surface area contributed by atoms with E-state index in [1.807, 2.05) is 24.0 Å². The van der Waals surface area contributed by atoms with Gasteiger partial charge in [0.1, 0.15) is 0 Å². The second kappa shape index (κ2) is 7.27. The van der Waals surface area contributed by atoms with Crippen molar-refractivity contribution in [2.45, 2.75) is 47.1 Å². The Morgan fingerprint density at radius 1 is 1.03 bits per heavy atom. The second-order valence-corrected chi connectivity index (χ2v) is 8.13. The molecule has 0 fully saturated rings. The number of pyridine rings is 1. The Bertz CT molecular complexity index is 1110. The summed E-state index contributed by atoms with van der Waals surface area (Å²) < 4.78 is 5.41. The zero-order valence-corrected chi connectivity index (χ0v) is 18.1. The fourth-order valence-electron chi connectivity index (χ4n) is 4.79. The van der Waals surface area contributed by atoms with Gasteiger partial charge in [-0.15, -0.1) is 0 Å². The lowest BCUT2D eigenvalue weighted by atomic mass is 9.91. The molecule has 4 heteroatoms. The topological polar surface area (TPSA) is 42.4 Å². The van der Waals surface area contributed by atoms with Gasteiger partial charge in [-0.05, 0) is 62.9 Å². The van der Waals surface area contributed by atoms with Gasteiger partial charge in [0.15, 0.2) is 0 Å². The Hall–Kier alpha value is -2.72. The molecule has 150 valence electrons. The molecule has 0 saturated heterocycles. The van der Waals surface area contributed by atoms with Crippen molar-refractivity contribution < 1.29 is 9.53 Å². The average Bonchev–Trinajstić information content (AvgIpc) is 2.93. The van der Waals surface area contributed by atoms with Gasteiger partial charge in [-0.1, -0.05) is 30.7 Å². The van der Waals surface area contributed by atoms with E-state index in [2.05, 4.69) is 45.9 Å². The van der Waals surface area contributed by atoms with Crippen LogP contribution in [0.3, 0.4) is 0 Å². The summed E-state index contributed by atoms with van der Waals surface area (Å²) in [4.78, 5) is 20.2. The molecule has 1 atom stereocenters. The molecule has 1 aliphatic rings. The molecule has 29 heavy (non-hydrogen) atoms. The molecule has 2 aromatic carbocycles. The van der Waals surface area contributed by atoms with E-state index >= 15 is 0 Å². The minimum absolute atomic E-state index is 0.0104. The van der Waals surface area contributed by atoms with E-state index in [1.54, 1.807) is 7.11 Å². The predicted octanol–water partition coefficient (Wildman–Crippen LogP) is 5.52. The van der Waals surface area contributed by atoms with Crippen molar-refractivity contribution in [2.24, 2.45) is 0 Å². The van der Waals surface area contributed by atoms with Crippen molar-refractivity contribution in [3.05, 3.63) is 58.3 Å². The third-order valence-corrected chi connectivity index (χ3v) is 5.92. The molecule has 0 bridgehead atoms. The van der Waals surface area contributed by atoms with Crippen LogP contribution < -0.4 is 4.90 Å². The van der Waals surface area contributed by atoms with Crippen LogP contribution in [0.15, 0.2) is 30.3 Å². The normalized spacial score (nSPS) is 14.1.